The molecule has 1 fully saturated rings. The number of ketones is 1. The quantitative estimate of drug-likeness (QED) is 0.110. The number of aryl methyl sites for hydroxylation is 2. The number of aromatic hydroxyl groups is 4. The summed E-state index contributed by atoms with van der Waals surface area (Å²) in [6, 6.07) is 16.7. The van der Waals surface area contributed by atoms with Crippen molar-refractivity contribution in [3.05, 3.63) is 83.4 Å². The molecule has 0 bridgehead atoms. The van der Waals surface area contributed by atoms with Gasteiger partial charge in [0.25, 0.3) is 0 Å². The smallest absolute Gasteiger partial charge is 0.338 e. The number of ether oxygens (including phenoxy) is 3. The number of Topliss-reactive ketones (excluding diaryl/α,β-unsaturated/α-hetero) is 1. The molecule has 0 spiro atoms. The highest BCUT2D eigenvalue weighted by atomic mass is 16.7. The molecule has 12 heteroatoms. The largest absolute Gasteiger partial charge is 0.504 e. The number of carbonyl (C=O) groups excluding carboxylic acids is 2. The van der Waals surface area contributed by atoms with Gasteiger partial charge in [0.1, 0.15) is 36.8 Å². The number of esters is 1. The van der Waals surface area contributed by atoms with Crippen molar-refractivity contribution in [2.45, 2.75) is 68.9 Å². The van der Waals surface area contributed by atoms with Crippen LogP contribution in [-0.4, -0.2) is 90.9 Å². The summed E-state index contributed by atoms with van der Waals surface area (Å²) in [5.74, 6) is -2.09. The molecule has 0 amide bonds. The predicted molar refractivity (Wildman–Crippen MR) is 154 cm³/mol. The summed E-state index contributed by atoms with van der Waals surface area (Å²) in [5, 5.41) is 70.4. The summed E-state index contributed by atoms with van der Waals surface area (Å²) in [7, 11) is 0. The molecule has 236 valence electrons. The second kappa shape index (κ2) is 15.0. The number of phenols is 4. The van der Waals surface area contributed by atoms with Gasteiger partial charge in [-0.1, -0.05) is 30.3 Å². The van der Waals surface area contributed by atoms with Gasteiger partial charge in [-0.15, -0.1) is 0 Å². The molecule has 3 aromatic carbocycles. The number of aliphatic hydroxyl groups is 3. The third-order valence-corrected chi connectivity index (χ3v) is 7.37. The fraction of sp³-hybridized carbons (Fsp3) is 0.375. The van der Waals surface area contributed by atoms with Crippen molar-refractivity contribution < 1.29 is 59.5 Å². The van der Waals surface area contributed by atoms with Gasteiger partial charge in [-0.3, -0.25) is 4.79 Å². The molecule has 12 nitrogen and oxygen atoms in total. The van der Waals surface area contributed by atoms with Gasteiger partial charge in [-0.25, -0.2) is 4.79 Å². The Morgan fingerprint density at radius 2 is 1.36 bits per heavy atom. The van der Waals surface area contributed by atoms with Crippen molar-refractivity contribution in [1.29, 1.82) is 0 Å². The molecule has 1 aliphatic rings. The average molecular weight is 613 g/mol. The van der Waals surface area contributed by atoms with Gasteiger partial charge < -0.3 is 50.0 Å². The number of phenolic OH excluding ortho intramolecular Hbond substituents is 4. The fourth-order valence-electron chi connectivity index (χ4n) is 4.81. The Bertz CT molecular complexity index is 1410. The van der Waals surface area contributed by atoms with Crippen LogP contribution in [0.25, 0.3) is 0 Å². The van der Waals surface area contributed by atoms with E-state index in [9.17, 15) is 45.3 Å². The van der Waals surface area contributed by atoms with Crippen LogP contribution in [0.4, 0.5) is 0 Å². The van der Waals surface area contributed by atoms with E-state index < -0.39 is 49.4 Å². The molecule has 0 aliphatic carbocycles. The van der Waals surface area contributed by atoms with E-state index >= 15 is 0 Å². The zero-order valence-electron chi connectivity index (χ0n) is 23.7. The van der Waals surface area contributed by atoms with Crippen LogP contribution in [-0.2, 0) is 31.8 Å². The molecule has 44 heavy (non-hydrogen) atoms. The minimum atomic E-state index is -1.71. The van der Waals surface area contributed by atoms with E-state index in [0.29, 0.717) is 17.5 Å². The Labute approximate surface area is 253 Å². The van der Waals surface area contributed by atoms with E-state index in [4.69, 9.17) is 14.2 Å². The number of benzene rings is 3. The molecule has 1 heterocycles. The van der Waals surface area contributed by atoms with Crippen molar-refractivity contribution in [2.24, 2.45) is 0 Å². The summed E-state index contributed by atoms with van der Waals surface area (Å²) >= 11 is 0. The normalized spacial score (nSPS) is 22.3. The summed E-state index contributed by atoms with van der Waals surface area (Å²) < 4.78 is 17.0. The van der Waals surface area contributed by atoms with Crippen LogP contribution in [0.3, 0.4) is 0 Å². The minimum absolute atomic E-state index is 0.0670. The summed E-state index contributed by atoms with van der Waals surface area (Å²) in [6.07, 6.45) is -7.90. The third-order valence-electron chi connectivity index (χ3n) is 7.37. The van der Waals surface area contributed by atoms with Crippen LogP contribution in [0.1, 0.15) is 40.7 Å². The first-order valence-corrected chi connectivity index (χ1v) is 14.1. The highest BCUT2D eigenvalue weighted by molar-refractivity contribution is 5.89. The van der Waals surface area contributed by atoms with Crippen molar-refractivity contribution in [3.63, 3.8) is 0 Å². The molecular formula is C32H36O12. The summed E-state index contributed by atoms with van der Waals surface area (Å²) in [4.78, 5) is 25.4. The first kappa shape index (κ1) is 32.7. The number of hydrogen-bond acceptors (Lipinski definition) is 12. The second-order valence-electron chi connectivity index (χ2n) is 10.7. The zero-order chi connectivity index (χ0) is 31.8. The molecule has 1 saturated heterocycles. The Hall–Kier alpha value is -4.20. The topological polar surface area (TPSA) is 203 Å². The SMILES string of the molecule is O=C(CCc1ccc(O)c(O)c1)CC(CCc1ccc(O)c(O)c1)OC1OC(COC(=O)c2ccccc2)C(O)C(O)C1O. The van der Waals surface area contributed by atoms with E-state index in [1.807, 2.05) is 0 Å². The van der Waals surface area contributed by atoms with Gasteiger partial charge >= 0.3 is 5.97 Å². The van der Waals surface area contributed by atoms with Crippen molar-refractivity contribution in [1.82, 2.24) is 0 Å². The number of hydrogen-bond donors (Lipinski definition) is 7. The summed E-state index contributed by atoms with van der Waals surface area (Å²) in [5.41, 5.74) is 1.53. The Kier molecular flexibility index (Phi) is 11.1. The molecule has 1 aliphatic heterocycles. The second-order valence-corrected chi connectivity index (χ2v) is 10.7. The predicted octanol–water partition coefficient (Wildman–Crippen LogP) is 2.08. The summed E-state index contributed by atoms with van der Waals surface area (Å²) in [6.45, 7) is -0.450. The fourth-order valence-corrected chi connectivity index (χ4v) is 4.81. The molecule has 0 saturated carbocycles. The lowest BCUT2D eigenvalue weighted by Crippen LogP contribution is -2.60. The molecule has 0 radical (unpaired) electrons. The molecule has 3 aromatic rings. The van der Waals surface area contributed by atoms with E-state index in [0.717, 1.165) is 0 Å². The lowest BCUT2D eigenvalue weighted by molar-refractivity contribution is -0.311. The third kappa shape index (κ3) is 8.68. The lowest BCUT2D eigenvalue weighted by Gasteiger charge is -2.41. The first-order valence-electron chi connectivity index (χ1n) is 14.1. The van der Waals surface area contributed by atoms with Gasteiger partial charge in [-0.2, -0.15) is 0 Å². The Morgan fingerprint density at radius 1 is 0.750 bits per heavy atom. The van der Waals surface area contributed by atoms with Gasteiger partial charge in [0.05, 0.1) is 11.7 Å². The number of carbonyl (C=O) groups is 2. The van der Waals surface area contributed by atoms with Crippen LogP contribution in [0, 0.1) is 0 Å². The maximum Gasteiger partial charge on any atom is 0.338 e. The van der Waals surface area contributed by atoms with E-state index in [2.05, 4.69) is 0 Å². The highest BCUT2D eigenvalue weighted by Crippen LogP contribution is 2.29. The molecular weight excluding hydrogens is 576 g/mol. The maximum absolute atomic E-state index is 13.0. The average Bonchev–Trinajstić information content (AvgIpc) is 3.01. The van der Waals surface area contributed by atoms with Gasteiger partial charge in [-0.05, 0) is 66.8 Å². The highest BCUT2D eigenvalue weighted by Gasteiger charge is 2.45. The molecule has 6 unspecified atom stereocenters. The first-order chi connectivity index (χ1) is 21.0. The molecule has 0 aromatic heterocycles. The van der Waals surface area contributed by atoms with Crippen LogP contribution >= 0.6 is 0 Å². The number of aliphatic hydroxyl groups excluding tert-OH is 3. The van der Waals surface area contributed by atoms with Crippen molar-refractivity contribution >= 4 is 11.8 Å². The molecule has 7 N–H and O–H groups in total. The minimum Gasteiger partial charge on any atom is -0.504 e. The van der Waals surface area contributed by atoms with Crippen molar-refractivity contribution in [2.75, 3.05) is 6.61 Å². The molecule has 4 rings (SSSR count). The lowest BCUT2D eigenvalue weighted by atomic mass is 9.97. The van der Waals surface area contributed by atoms with Crippen molar-refractivity contribution in [3.8, 4) is 23.0 Å². The monoisotopic (exact) mass is 612 g/mol. The van der Waals surface area contributed by atoms with Gasteiger partial charge in [0.2, 0.25) is 0 Å². The van der Waals surface area contributed by atoms with Crippen LogP contribution in [0.15, 0.2) is 66.7 Å². The molecule has 6 atom stereocenters. The van der Waals surface area contributed by atoms with Crippen LogP contribution in [0.5, 0.6) is 23.0 Å². The van der Waals surface area contributed by atoms with Gasteiger partial charge in [0.15, 0.2) is 29.3 Å². The van der Waals surface area contributed by atoms with Crippen LogP contribution < -0.4 is 0 Å². The van der Waals surface area contributed by atoms with E-state index in [1.54, 1.807) is 42.5 Å². The zero-order valence-corrected chi connectivity index (χ0v) is 23.7. The number of rotatable bonds is 13. The van der Waals surface area contributed by atoms with Gasteiger partial charge in [0, 0.05) is 12.8 Å². The Balaban J connectivity index is 1.43. The van der Waals surface area contributed by atoms with E-state index in [1.165, 1.54) is 24.3 Å². The van der Waals surface area contributed by atoms with E-state index in [-0.39, 0.29) is 60.0 Å². The maximum atomic E-state index is 13.0. The Morgan fingerprint density at radius 3 is 1.98 bits per heavy atom. The van der Waals surface area contributed by atoms with Crippen LogP contribution in [0.2, 0.25) is 0 Å². The standard InChI is InChI=1S/C32H36O12/c33-21(10-6-18-8-12-23(34)25(36)14-18)16-22(11-7-19-9-13-24(35)26(37)15-19)43-32-30(40)29(39)28(38)27(44-32)17-42-31(41)20-4-2-1-3-5-20/h1-5,8-9,12-15,22,27-30,32,34-40H,6-7,10-11,16-17H2.